The fraction of sp³-hybridized carbons (Fsp3) is 0.400. The monoisotopic (exact) mass is 294 g/mol. The van der Waals surface area contributed by atoms with Crippen LogP contribution in [0, 0.1) is 0 Å². The molecule has 0 saturated carbocycles. The summed E-state index contributed by atoms with van der Waals surface area (Å²) in [7, 11) is 0. The number of rotatable bonds is 5. The number of hydrogen-bond donors (Lipinski definition) is 2. The van der Waals surface area contributed by atoms with Crippen molar-refractivity contribution >= 4 is 5.69 Å². The van der Waals surface area contributed by atoms with Gasteiger partial charge in [0.25, 0.3) is 0 Å². The molecule has 1 aliphatic carbocycles. The Kier molecular flexibility index (Phi) is 4.79. The third kappa shape index (κ3) is 3.50. The molecule has 2 aromatic carbocycles. The first-order chi connectivity index (χ1) is 10.8. The van der Waals surface area contributed by atoms with Crippen molar-refractivity contribution in [2.75, 3.05) is 5.73 Å². The Hall–Kier alpha value is -1.80. The van der Waals surface area contributed by atoms with Crippen molar-refractivity contribution in [2.24, 2.45) is 0 Å². The molecule has 0 aromatic heterocycles. The molecule has 1 atom stereocenters. The van der Waals surface area contributed by atoms with Crippen molar-refractivity contribution in [1.82, 2.24) is 5.32 Å². The number of nitrogens with one attached hydrogen (secondary N) is 1. The summed E-state index contributed by atoms with van der Waals surface area (Å²) < 4.78 is 0. The second-order valence-corrected chi connectivity index (χ2v) is 6.37. The number of fused-ring (bicyclic) bond motifs is 1. The first-order valence-corrected chi connectivity index (χ1v) is 8.43. The molecular formula is C20H26N2. The van der Waals surface area contributed by atoms with Gasteiger partial charge in [0, 0.05) is 18.3 Å². The third-order valence-electron chi connectivity index (χ3n) is 4.68. The number of hydrogen-bond acceptors (Lipinski definition) is 2. The van der Waals surface area contributed by atoms with Gasteiger partial charge in [0.15, 0.2) is 0 Å². The van der Waals surface area contributed by atoms with E-state index in [9.17, 15) is 0 Å². The molecule has 3 N–H and O–H groups in total. The maximum Gasteiger partial charge on any atom is 0.0316 e. The van der Waals surface area contributed by atoms with Crippen molar-refractivity contribution in [3.63, 3.8) is 0 Å². The van der Waals surface area contributed by atoms with Gasteiger partial charge in [-0.3, -0.25) is 0 Å². The summed E-state index contributed by atoms with van der Waals surface area (Å²) in [5, 5.41) is 3.76. The van der Waals surface area contributed by atoms with Gasteiger partial charge in [0.1, 0.15) is 0 Å². The Balaban J connectivity index is 1.63. The highest BCUT2D eigenvalue weighted by Gasteiger charge is 2.18. The van der Waals surface area contributed by atoms with E-state index in [1.54, 1.807) is 0 Å². The summed E-state index contributed by atoms with van der Waals surface area (Å²) in [5.41, 5.74) is 12.6. The molecule has 0 amide bonds. The van der Waals surface area contributed by atoms with E-state index in [1.807, 2.05) is 6.07 Å². The zero-order valence-corrected chi connectivity index (χ0v) is 13.4. The maximum absolute atomic E-state index is 5.93. The number of nitrogen functional groups attached to an aromatic ring is 1. The van der Waals surface area contributed by atoms with Gasteiger partial charge < -0.3 is 11.1 Å². The van der Waals surface area contributed by atoms with E-state index in [4.69, 9.17) is 5.73 Å². The zero-order chi connectivity index (χ0) is 15.4. The summed E-state index contributed by atoms with van der Waals surface area (Å²) in [6.45, 7) is 3.21. The van der Waals surface area contributed by atoms with Gasteiger partial charge in [0.2, 0.25) is 0 Å². The molecule has 2 heteroatoms. The SMILES string of the molecule is CCCc1ccccc1CNC1CCc2ccc(N)cc2C1. The first-order valence-electron chi connectivity index (χ1n) is 8.43. The molecule has 0 radical (unpaired) electrons. The molecule has 2 aromatic rings. The van der Waals surface area contributed by atoms with E-state index in [-0.39, 0.29) is 0 Å². The Bertz CT molecular complexity index is 633. The van der Waals surface area contributed by atoms with Gasteiger partial charge in [-0.25, -0.2) is 0 Å². The number of benzene rings is 2. The minimum absolute atomic E-state index is 0.559. The van der Waals surface area contributed by atoms with Crippen molar-refractivity contribution in [3.8, 4) is 0 Å². The van der Waals surface area contributed by atoms with Crippen LogP contribution in [0.3, 0.4) is 0 Å². The lowest BCUT2D eigenvalue weighted by molar-refractivity contribution is 0.457. The molecule has 0 bridgehead atoms. The lowest BCUT2D eigenvalue weighted by atomic mass is 9.88. The standard InChI is InChI=1S/C20H26N2/c1-2-5-15-6-3-4-7-17(15)14-22-20-11-9-16-8-10-19(21)12-18(16)13-20/h3-4,6-8,10,12,20,22H,2,5,9,11,13-14,21H2,1H3. The van der Waals surface area contributed by atoms with E-state index < -0.39 is 0 Å². The van der Waals surface area contributed by atoms with Gasteiger partial charge in [0.05, 0.1) is 0 Å². The van der Waals surface area contributed by atoms with Crippen LogP contribution in [0.2, 0.25) is 0 Å². The highest BCUT2D eigenvalue weighted by atomic mass is 14.9. The molecule has 1 unspecified atom stereocenters. The molecule has 0 heterocycles. The summed E-state index contributed by atoms with van der Waals surface area (Å²) in [5.74, 6) is 0. The maximum atomic E-state index is 5.93. The lowest BCUT2D eigenvalue weighted by Crippen LogP contribution is -2.34. The molecule has 2 nitrogen and oxygen atoms in total. The van der Waals surface area contributed by atoms with Gasteiger partial charge >= 0.3 is 0 Å². The smallest absolute Gasteiger partial charge is 0.0316 e. The van der Waals surface area contributed by atoms with Crippen molar-refractivity contribution < 1.29 is 0 Å². The van der Waals surface area contributed by atoms with Gasteiger partial charge in [-0.1, -0.05) is 43.7 Å². The summed E-state index contributed by atoms with van der Waals surface area (Å²) in [6, 6.07) is 15.7. The normalized spacial score (nSPS) is 17.2. The minimum atomic E-state index is 0.559. The van der Waals surface area contributed by atoms with Gasteiger partial charge in [-0.15, -0.1) is 0 Å². The predicted octanol–water partition coefficient (Wildman–Crippen LogP) is 3.87. The Morgan fingerprint density at radius 2 is 1.91 bits per heavy atom. The van der Waals surface area contributed by atoms with Crippen LogP contribution in [-0.4, -0.2) is 6.04 Å². The van der Waals surface area contributed by atoms with Crippen LogP contribution in [0.4, 0.5) is 5.69 Å². The van der Waals surface area contributed by atoms with Crippen LogP contribution in [-0.2, 0) is 25.8 Å². The molecule has 0 aliphatic heterocycles. The van der Waals surface area contributed by atoms with Crippen LogP contribution in [0.15, 0.2) is 42.5 Å². The van der Waals surface area contributed by atoms with Crippen LogP contribution in [0.1, 0.15) is 42.0 Å². The largest absolute Gasteiger partial charge is 0.399 e. The number of nitrogens with two attached hydrogens (primary N) is 1. The highest BCUT2D eigenvalue weighted by Crippen LogP contribution is 2.24. The minimum Gasteiger partial charge on any atom is -0.399 e. The van der Waals surface area contributed by atoms with Crippen molar-refractivity contribution in [2.45, 2.75) is 51.6 Å². The van der Waals surface area contributed by atoms with E-state index >= 15 is 0 Å². The third-order valence-corrected chi connectivity index (χ3v) is 4.68. The Morgan fingerprint density at radius 3 is 2.73 bits per heavy atom. The predicted molar refractivity (Wildman–Crippen MR) is 93.9 cm³/mol. The van der Waals surface area contributed by atoms with Crippen LogP contribution in [0.5, 0.6) is 0 Å². The fourth-order valence-electron chi connectivity index (χ4n) is 3.45. The zero-order valence-electron chi connectivity index (χ0n) is 13.4. The molecular weight excluding hydrogens is 268 g/mol. The molecule has 0 saturated heterocycles. The van der Waals surface area contributed by atoms with Crippen LogP contribution < -0.4 is 11.1 Å². The average molecular weight is 294 g/mol. The van der Waals surface area contributed by atoms with E-state index in [2.05, 4.69) is 48.6 Å². The van der Waals surface area contributed by atoms with Crippen LogP contribution in [0.25, 0.3) is 0 Å². The summed E-state index contributed by atoms with van der Waals surface area (Å²) in [6.07, 6.45) is 5.84. The Labute approximate surface area is 133 Å². The molecule has 0 fully saturated rings. The highest BCUT2D eigenvalue weighted by molar-refractivity contribution is 5.46. The topological polar surface area (TPSA) is 38.0 Å². The molecule has 22 heavy (non-hydrogen) atoms. The van der Waals surface area contributed by atoms with E-state index in [0.29, 0.717) is 6.04 Å². The summed E-state index contributed by atoms with van der Waals surface area (Å²) >= 11 is 0. The van der Waals surface area contributed by atoms with E-state index in [0.717, 1.165) is 25.1 Å². The quantitative estimate of drug-likeness (QED) is 0.822. The summed E-state index contributed by atoms with van der Waals surface area (Å²) in [4.78, 5) is 0. The van der Waals surface area contributed by atoms with Crippen LogP contribution >= 0.6 is 0 Å². The van der Waals surface area contributed by atoms with Crippen molar-refractivity contribution in [3.05, 3.63) is 64.7 Å². The number of aryl methyl sites for hydroxylation is 2. The second-order valence-electron chi connectivity index (χ2n) is 6.37. The molecule has 116 valence electrons. The molecule has 3 rings (SSSR count). The van der Waals surface area contributed by atoms with Gasteiger partial charge in [-0.05, 0) is 60.1 Å². The van der Waals surface area contributed by atoms with E-state index in [1.165, 1.54) is 41.5 Å². The molecule has 0 spiro atoms. The average Bonchev–Trinajstić information content (AvgIpc) is 2.54. The molecule has 1 aliphatic rings. The fourth-order valence-corrected chi connectivity index (χ4v) is 3.45. The second kappa shape index (κ2) is 6.97. The lowest BCUT2D eigenvalue weighted by Gasteiger charge is -2.26. The first kappa shape index (κ1) is 15.1. The van der Waals surface area contributed by atoms with Gasteiger partial charge in [-0.2, -0.15) is 0 Å². The Morgan fingerprint density at radius 1 is 1.09 bits per heavy atom. The van der Waals surface area contributed by atoms with Crippen molar-refractivity contribution in [1.29, 1.82) is 0 Å². The number of anilines is 1.